The number of phosphoric ester groups is 1. The van der Waals surface area contributed by atoms with Crippen LogP contribution in [-0.4, -0.2) is 109 Å². The van der Waals surface area contributed by atoms with Crippen molar-refractivity contribution in [3.63, 3.8) is 0 Å². The maximum atomic E-state index is 13.0. The van der Waals surface area contributed by atoms with Crippen LogP contribution >= 0.6 is 23.5 Å². The Bertz CT molecular complexity index is 3100. The molecule has 1 fully saturated rings. The van der Waals surface area contributed by atoms with Gasteiger partial charge < -0.3 is 54.7 Å². The number of aryl methyl sites for hydroxylation is 1. The molecule has 2 unspecified atom stereocenters. The first-order valence-electron chi connectivity index (χ1n) is 20.9. The highest BCUT2D eigenvalue weighted by molar-refractivity contribution is 7.86. The van der Waals surface area contributed by atoms with Crippen molar-refractivity contribution in [3.8, 4) is 23.3 Å². The Morgan fingerprint density at radius 2 is 1.87 bits per heavy atom. The van der Waals surface area contributed by atoms with E-state index < -0.39 is 75.6 Å². The van der Waals surface area contributed by atoms with Gasteiger partial charge in [0.2, 0.25) is 11.3 Å². The van der Waals surface area contributed by atoms with Gasteiger partial charge in [-0.25, -0.2) is 36.5 Å². The largest absolute Gasteiger partial charge is 0.748 e. The number of anilines is 2. The highest BCUT2D eigenvalue weighted by Crippen LogP contribution is 2.66. The molecule has 0 spiro atoms. The van der Waals surface area contributed by atoms with Gasteiger partial charge in [-0.3, -0.25) is 13.9 Å². The van der Waals surface area contributed by atoms with Gasteiger partial charge in [0.1, 0.15) is 42.3 Å². The van der Waals surface area contributed by atoms with Crippen molar-refractivity contribution < 1.29 is 78.8 Å². The fourth-order valence-corrected chi connectivity index (χ4v) is 11.9. The van der Waals surface area contributed by atoms with Gasteiger partial charge in [-0.05, 0) is 51.3 Å². The SMILES string of the molecule is CC[N+]1=c2cc3c(cc2CCC1)=Nc1cc2c(cc1O3)N(CCCC(=O)NCC#Cc1cn([C@H]3C[C@H](O)[C@@H](COP(=O)(O)OP(=O)(O)OP(=O)(O)O)O3)c(=O)nc1N)C(C)(C)C=C2CS(=O)(=O)[O-]. The lowest BCUT2D eigenvalue weighted by molar-refractivity contribution is -0.120. The molecule has 5 heterocycles. The number of nitrogen functional groups attached to an aromatic ring is 1. The Balaban J connectivity index is 0.984. The molecule has 7 rings (SSSR count). The Labute approximate surface area is 388 Å². The molecule has 29 heteroatoms. The van der Waals surface area contributed by atoms with Gasteiger partial charge >= 0.3 is 29.2 Å². The molecule has 0 bridgehead atoms. The van der Waals surface area contributed by atoms with Gasteiger partial charge in [0.05, 0.1) is 52.3 Å². The van der Waals surface area contributed by atoms with Crippen molar-refractivity contribution in [3.05, 3.63) is 74.4 Å². The minimum absolute atomic E-state index is 0.0293. The quantitative estimate of drug-likeness (QED) is 0.0353. The van der Waals surface area contributed by atoms with E-state index in [1.807, 2.05) is 30.9 Å². The molecular formula is C39H48N7O18P3S. The zero-order valence-corrected chi connectivity index (χ0v) is 40.1. The van der Waals surface area contributed by atoms with E-state index in [2.05, 4.69) is 46.8 Å². The summed E-state index contributed by atoms with van der Waals surface area (Å²) >= 11 is 0. The average Bonchev–Trinajstić information content (AvgIpc) is 3.58. The van der Waals surface area contributed by atoms with Gasteiger partial charge in [-0.15, -0.1) is 0 Å². The van der Waals surface area contributed by atoms with E-state index in [9.17, 15) is 51.1 Å². The van der Waals surface area contributed by atoms with Crippen LogP contribution in [0.4, 0.5) is 17.2 Å². The molecule has 25 nitrogen and oxygen atoms in total. The third-order valence-corrected chi connectivity index (χ3v) is 15.7. The molecule has 4 aliphatic rings. The van der Waals surface area contributed by atoms with Crippen LogP contribution in [0.15, 0.2) is 46.3 Å². The van der Waals surface area contributed by atoms with Gasteiger partial charge in [0.15, 0.2) is 11.5 Å². The van der Waals surface area contributed by atoms with Crippen LogP contribution < -0.4 is 41.7 Å². The lowest BCUT2D eigenvalue weighted by Crippen LogP contribution is -2.46. The number of hydrogen-bond acceptors (Lipinski definition) is 18. The lowest BCUT2D eigenvalue weighted by Gasteiger charge is -2.44. The molecule has 0 aliphatic carbocycles. The molecule has 0 radical (unpaired) electrons. The summed E-state index contributed by atoms with van der Waals surface area (Å²) in [6, 6.07) is 7.54. The number of benzene rings is 2. The van der Waals surface area contributed by atoms with E-state index in [1.54, 1.807) is 18.2 Å². The van der Waals surface area contributed by atoms with E-state index in [0.29, 0.717) is 52.3 Å². The minimum Gasteiger partial charge on any atom is -0.748 e. The van der Waals surface area contributed by atoms with Crippen LogP contribution in [-0.2, 0) is 52.9 Å². The molecule has 368 valence electrons. The van der Waals surface area contributed by atoms with E-state index in [-0.39, 0.29) is 36.7 Å². The van der Waals surface area contributed by atoms with Crippen molar-refractivity contribution in [1.82, 2.24) is 19.4 Å². The van der Waals surface area contributed by atoms with E-state index in [1.165, 1.54) is 11.8 Å². The number of amides is 1. The molecule has 4 aliphatic heterocycles. The highest BCUT2D eigenvalue weighted by atomic mass is 32.2. The monoisotopic (exact) mass is 1030 g/mol. The third-order valence-electron chi connectivity index (χ3n) is 11.2. The molecule has 1 saturated heterocycles. The van der Waals surface area contributed by atoms with E-state index >= 15 is 0 Å². The summed E-state index contributed by atoms with van der Waals surface area (Å²) in [7, 11) is -21.6. The lowest BCUT2D eigenvalue weighted by atomic mass is 9.88. The number of nitrogens with zero attached hydrogens (tertiary/aromatic N) is 5. The van der Waals surface area contributed by atoms with Crippen molar-refractivity contribution in [1.29, 1.82) is 0 Å². The fraction of sp³-hybridized carbons (Fsp3) is 0.462. The number of aliphatic hydroxyl groups excluding tert-OH is 1. The summed E-state index contributed by atoms with van der Waals surface area (Å²) in [5.74, 6) is 5.11. The Hall–Kier alpha value is -4.67. The van der Waals surface area contributed by atoms with Crippen LogP contribution in [0.3, 0.4) is 0 Å². The van der Waals surface area contributed by atoms with Gasteiger partial charge in [-0.2, -0.15) is 13.6 Å². The summed E-state index contributed by atoms with van der Waals surface area (Å²) in [5.41, 5.74) is 7.33. The van der Waals surface area contributed by atoms with Crippen LogP contribution in [0.1, 0.15) is 69.4 Å². The number of nitrogens with two attached hydrogens (primary N) is 1. The smallest absolute Gasteiger partial charge is 0.490 e. The number of fused-ring (bicyclic) bond motifs is 4. The Kier molecular flexibility index (Phi) is 14.8. The average molecular weight is 1030 g/mol. The molecule has 8 N–H and O–H groups in total. The molecule has 0 saturated carbocycles. The van der Waals surface area contributed by atoms with Crippen molar-refractivity contribution in [2.24, 2.45) is 4.99 Å². The summed E-state index contributed by atoms with van der Waals surface area (Å²) < 4.78 is 98.0. The van der Waals surface area contributed by atoms with Gasteiger partial charge in [0.25, 0.3) is 0 Å². The minimum atomic E-state index is -5.79. The van der Waals surface area contributed by atoms with Crippen LogP contribution in [0.25, 0.3) is 5.57 Å². The molecule has 1 aromatic heterocycles. The molecule has 2 aromatic carbocycles. The van der Waals surface area contributed by atoms with Crippen molar-refractivity contribution in [2.45, 2.75) is 76.9 Å². The predicted octanol–water partition coefficient (Wildman–Crippen LogP) is 0.807. The summed E-state index contributed by atoms with van der Waals surface area (Å²) in [6.45, 7) is 6.82. The second kappa shape index (κ2) is 19.6. The van der Waals surface area contributed by atoms with E-state index in [4.69, 9.17) is 30.0 Å². The maximum absolute atomic E-state index is 13.0. The highest BCUT2D eigenvalue weighted by Gasteiger charge is 2.43. The topological polar surface area (TPSA) is 364 Å². The fourth-order valence-electron chi connectivity index (χ4n) is 8.30. The molecule has 68 heavy (non-hydrogen) atoms. The number of rotatable bonds is 16. The first-order valence-corrected chi connectivity index (χ1v) is 27.0. The number of ether oxygens (including phenoxy) is 2. The third kappa shape index (κ3) is 12.4. The molecule has 1 amide bonds. The number of nitrogens with one attached hydrogen (secondary N) is 1. The number of hydrogen-bond donors (Lipinski definition) is 7. The van der Waals surface area contributed by atoms with Crippen LogP contribution in [0, 0.1) is 11.8 Å². The van der Waals surface area contributed by atoms with Crippen molar-refractivity contribution in [2.75, 3.05) is 49.2 Å². The Morgan fingerprint density at radius 1 is 1.12 bits per heavy atom. The van der Waals surface area contributed by atoms with Crippen LogP contribution in [0.5, 0.6) is 11.5 Å². The molecular weight excluding hydrogens is 979 g/mol. The summed E-state index contributed by atoms with van der Waals surface area (Å²) in [5, 5.41) is 14.9. The number of carbonyl (C=O) groups is 1. The van der Waals surface area contributed by atoms with Crippen LogP contribution in [0.2, 0.25) is 0 Å². The number of aromatic nitrogens is 2. The first-order chi connectivity index (χ1) is 31.7. The molecule has 3 aromatic rings. The standard InChI is InChI=1S/C39H48N7O18P3S/c1-4-44-12-6-9-23-14-27-32(16-29(23)44)61-33-17-30-26(15-28(33)42-27)25(22-68(57,58)59)19-39(2,3)46(30)13-7-10-35(48)41-11-5-8-24-20-45(38(49)43-37(24)40)36-18-31(47)34(62-36)21-60-66(53,54)64-67(55,56)63-65(50,51)52/h14-17,19-20,31,34,36,47H,4,6-7,9-13,18,21-22H2,1-3H3,(H7-,40,41,43,48,49,50,51,52,53,54,55,56,57,58,59)/t31-,34+,36+/m0/s1. The number of phosphoric acid groups is 3. The predicted molar refractivity (Wildman–Crippen MR) is 239 cm³/mol. The Morgan fingerprint density at radius 3 is 2.57 bits per heavy atom. The summed E-state index contributed by atoms with van der Waals surface area (Å²) in [4.78, 5) is 72.9. The second-order valence-electron chi connectivity index (χ2n) is 16.6. The van der Waals surface area contributed by atoms with Gasteiger partial charge in [-0.1, -0.05) is 17.9 Å². The number of aliphatic hydroxyl groups is 1. The zero-order valence-electron chi connectivity index (χ0n) is 36.6. The molecule has 5 atom stereocenters. The van der Waals surface area contributed by atoms with Gasteiger partial charge in [0, 0.05) is 54.9 Å². The maximum Gasteiger partial charge on any atom is 0.490 e. The van der Waals surface area contributed by atoms with E-state index in [0.717, 1.165) is 35.9 Å². The second-order valence-corrected chi connectivity index (χ2v) is 22.4. The zero-order chi connectivity index (χ0) is 49.6. The summed E-state index contributed by atoms with van der Waals surface area (Å²) in [6.07, 6.45) is 0.807. The normalized spacial score (nSPS) is 21.2. The number of carbonyl (C=O) groups excluding carboxylic acids is 1. The first kappa shape index (κ1) is 51.2. The van der Waals surface area contributed by atoms with Crippen molar-refractivity contribution >= 4 is 62.3 Å².